The number of nitrogens with zero attached hydrogens (tertiary/aromatic N) is 7. The zero-order chi connectivity index (χ0) is 18.6. The maximum Gasteiger partial charge on any atom is 0.440 e. The van der Waals surface area contributed by atoms with Gasteiger partial charge in [-0.2, -0.15) is 18.3 Å². The van der Waals surface area contributed by atoms with Gasteiger partial charge in [-0.3, -0.25) is 19.5 Å². The molecule has 0 N–H and O–H groups in total. The van der Waals surface area contributed by atoms with Gasteiger partial charge in [0.25, 0.3) is 0 Å². The van der Waals surface area contributed by atoms with Crippen LogP contribution in [0.3, 0.4) is 0 Å². The largest absolute Gasteiger partial charge is 0.440 e. The summed E-state index contributed by atoms with van der Waals surface area (Å²) in [6, 6.07) is 0. The second kappa shape index (κ2) is 5.40. The number of aromatic nitrogens is 5. The Bertz CT molecular complexity index is 823. The third-order valence-electron chi connectivity index (χ3n) is 4.16. The smallest absolute Gasteiger partial charge is 0.366 e. The van der Waals surface area contributed by atoms with Crippen LogP contribution in [0, 0.1) is 10.1 Å². The molecule has 0 aromatic carbocycles. The Labute approximate surface area is 138 Å². The third-order valence-corrected chi connectivity index (χ3v) is 4.16. The molecule has 2 aromatic heterocycles. The summed E-state index contributed by atoms with van der Waals surface area (Å²) in [6.45, 7) is 0.121. The zero-order valence-corrected chi connectivity index (χ0v) is 13.5. The van der Waals surface area contributed by atoms with E-state index in [4.69, 9.17) is 4.74 Å². The molecule has 3 rings (SSSR count). The van der Waals surface area contributed by atoms with E-state index in [1.807, 2.05) is 0 Å². The van der Waals surface area contributed by atoms with Crippen molar-refractivity contribution in [2.75, 3.05) is 25.1 Å². The first kappa shape index (κ1) is 17.1. The number of ether oxygens (including phenoxy) is 1. The number of methoxy groups -OCH3 is 1. The normalized spacial score (nSPS) is 16.8. The lowest BCUT2D eigenvalue weighted by Gasteiger charge is -2.47. The fourth-order valence-electron chi connectivity index (χ4n) is 2.99. The van der Waals surface area contributed by atoms with Crippen molar-refractivity contribution in [3.8, 4) is 0 Å². The van der Waals surface area contributed by atoms with Gasteiger partial charge in [0.1, 0.15) is 6.33 Å². The first-order valence-corrected chi connectivity index (χ1v) is 7.04. The van der Waals surface area contributed by atoms with Crippen LogP contribution in [0.2, 0.25) is 0 Å². The van der Waals surface area contributed by atoms with Crippen LogP contribution >= 0.6 is 0 Å². The van der Waals surface area contributed by atoms with E-state index in [1.165, 1.54) is 23.0 Å². The van der Waals surface area contributed by atoms with Crippen LogP contribution in [0.1, 0.15) is 11.5 Å². The Morgan fingerprint density at radius 2 is 1.96 bits per heavy atom. The molecule has 1 fully saturated rings. The summed E-state index contributed by atoms with van der Waals surface area (Å²) in [4.78, 5) is 15.6. The van der Waals surface area contributed by atoms with Gasteiger partial charge in [0.2, 0.25) is 11.5 Å². The quantitative estimate of drug-likeness (QED) is 0.587. The first-order valence-electron chi connectivity index (χ1n) is 7.04. The topological polar surface area (TPSA) is 104 Å². The van der Waals surface area contributed by atoms with Gasteiger partial charge in [0, 0.05) is 21.2 Å². The lowest BCUT2D eigenvalue weighted by molar-refractivity contribution is -0.387. The zero-order valence-electron chi connectivity index (χ0n) is 13.5. The van der Waals surface area contributed by atoms with Crippen molar-refractivity contribution in [2.45, 2.75) is 11.8 Å². The molecule has 0 spiro atoms. The minimum atomic E-state index is -4.89. The molecule has 3 heterocycles. The highest BCUT2D eigenvalue weighted by molar-refractivity contribution is 5.64. The highest BCUT2D eigenvalue weighted by Crippen LogP contribution is 2.45. The molecule has 1 aliphatic rings. The Hall–Kier alpha value is -2.70. The molecular formula is C12H14F3N7O3. The highest BCUT2D eigenvalue weighted by Gasteiger charge is 2.53. The first-order chi connectivity index (χ1) is 11.6. The summed E-state index contributed by atoms with van der Waals surface area (Å²) < 4.78 is 46.8. The molecule has 0 atom stereocenters. The average Bonchev–Trinajstić information content (AvgIpc) is 3.02. The second-order valence-corrected chi connectivity index (χ2v) is 5.66. The summed E-state index contributed by atoms with van der Waals surface area (Å²) >= 11 is 0. The number of anilines is 1. The molecule has 13 heteroatoms. The van der Waals surface area contributed by atoms with E-state index in [0.717, 1.165) is 7.05 Å². The van der Waals surface area contributed by atoms with Crippen LogP contribution in [-0.4, -0.2) is 49.7 Å². The summed E-state index contributed by atoms with van der Waals surface area (Å²) in [5.74, 6) is 0.121. The molecule has 0 radical (unpaired) electrons. The van der Waals surface area contributed by atoms with Crippen molar-refractivity contribution in [3.63, 3.8) is 0 Å². The Balaban J connectivity index is 1.98. The molecular weight excluding hydrogens is 347 g/mol. The molecule has 10 nitrogen and oxygen atoms in total. The van der Waals surface area contributed by atoms with Crippen molar-refractivity contribution in [1.82, 2.24) is 24.5 Å². The van der Waals surface area contributed by atoms with E-state index < -0.39 is 28.1 Å². The van der Waals surface area contributed by atoms with Gasteiger partial charge in [0.05, 0.1) is 18.0 Å². The van der Waals surface area contributed by atoms with Crippen LogP contribution in [0.5, 0.6) is 0 Å². The highest BCUT2D eigenvalue weighted by atomic mass is 19.4. The Kier molecular flexibility index (Phi) is 3.70. The van der Waals surface area contributed by atoms with Crippen molar-refractivity contribution in [1.29, 1.82) is 0 Å². The van der Waals surface area contributed by atoms with E-state index in [0.29, 0.717) is 10.5 Å². The SMILES string of the molecule is COC1(c2ncnn2C)CN(c2nn(C)c(C(F)(F)F)c2[N+](=O)[O-])C1. The number of aryl methyl sites for hydroxylation is 2. The van der Waals surface area contributed by atoms with Crippen molar-refractivity contribution in [3.05, 3.63) is 28.0 Å². The molecule has 0 unspecified atom stereocenters. The fraction of sp³-hybridized carbons (Fsp3) is 0.583. The standard InChI is InChI=1S/C12H14F3N7O3/c1-19-8(12(13,14)15)7(22(23)24)9(18-19)21-4-11(5-21,25-3)10-16-6-17-20(10)2/h6H,4-5H2,1-3H3. The van der Waals surface area contributed by atoms with Crippen LogP contribution in [-0.2, 0) is 30.6 Å². The maximum absolute atomic E-state index is 13.1. The molecule has 0 amide bonds. The van der Waals surface area contributed by atoms with E-state index in [-0.39, 0.29) is 18.9 Å². The van der Waals surface area contributed by atoms with Crippen molar-refractivity contribution < 1.29 is 22.8 Å². The number of hydrogen-bond donors (Lipinski definition) is 0. The molecule has 25 heavy (non-hydrogen) atoms. The summed E-state index contributed by atoms with van der Waals surface area (Å²) in [5.41, 5.74) is -3.39. The average molecular weight is 361 g/mol. The number of nitro groups is 1. The van der Waals surface area contributed by atoms with Crippen LogP contribution < -0.4 is 4.90 Å². The van der Waals surface area contributed by atoms with Crippen LogP contribution in [0.4, 0.5) is 24.7 Å². The monoisotopic (exact) mass is 361 g/mol. The van der Waals surface area contributed by atoms with Crippen molar-refractivity contribution >= 4 is 11.5 Å². The van der Waals surface area contributed by atoms with E-state index in [9.17, 15) is 23.3 Å². The molecule has 1 saturated heterocycles. The Morgan fingerprint density at radius 3 is 2.40 bits per heavy atom. The minimum Gasteiger partial charge on any atom is -0.366 e. The Morgan fingerprint density at radius 1 is 1.32 bits per heavy atom. The number of halogens is 3. The summed E-state index contributed by atoms with van der Waals surface area (Å²) in [5, 5.41) is 18.9. The predicted octanol–water partition coefficient (Wildman–Crippen LogP) is 0.837. The lowest BCUT2D eigenvalue weighted by Crippen LogP contribution is -2.62. The van der Waals surface area contributed by atoms with Crippen LogP contribution in [0.15, 0.2) is 6.33 Å². The molecule has 136 valence electrons. The second-order valence-electron chi connectivity index (χ2n) is 5.66. The van der Waals surface area contributed by atoms with Gasteiger partial charge < -0.3 is 9.64 Å². The number of alkyl halides is 3. The predicted molar refractivity (Wildman–Crippen MR) is 76.8 cm³/mol. The number of rotatable bonds is 4. The maximum atomic E-state index is 13.1. The fourth-order valence-corrected chi connectivity index (χ4v) is 2.99. The van der Waals surface area contributed by atoms with Gasteiger partial charge in [-0.25, -0.2) is 4.98 Å². The third kappa shape index (κ3) is 2.50. The van der Waals surface area contributed by atoms with E-state index in [1.54, 1.807) is 7.05 Å². The van der Waals surface area contributed by atoms with Gasteiger partial charge in [-0.15, -0.1) is 5.10 Å². The molecule has 2 aromatic rings. The van der Waals surface area contributed by atoms with Gasteiger partial charge >= 0.3 is 11.9 Å². The number of hydrogen-bond acceptors (Lipinski definition) is 7. The van der Waals surface area contributed by atoms with Gasteiger partial charge in [-0.1, -0.05) is 0 Å². The molecule has 1 aliphatic heterocycles. The summed E-state index contributed by atoms with van der Waals surface area (Å²) in [7, 11) is 4.10. The molecule has 0 bridgehead atoms. The summed E-state index contributed by atoms with van der Waals surface area (Å²) in [6.07, 6.45) is -3.57. The van der Waals surface area contributed by atoms with Crippen molar-refractivity contribution in [2.24, 2.45) is 14.1 Å². The molecule has 0 saturated carbocycles. The van der Waals surface area contributed by atoms with E-state index >= 15 is 0 Å². The van der Waals surface area contributed by atoms with Gasteiger partial charge in [0.15, 0.2) is 11.4 Å². The van der Waals surface area contributed by atoms with Gasteiger partial charge in [-0.05, 0) is 0 Å². The van der Waals surface area contributed by atoms with Crippen LogP contribution in [0.25, 0.3) is 0 Å². The molecule has 0 aliphatic carbocycles. The lowest BCUT2D eigenvalue weighted by atomic mass is 9.92. The minimum absolute atomic E-state index is 0.0607. The van der Waals surface area contributed by atoms with E-state index in [2.05, 4.69) is 15.2 Å².